The summed E-state index contributed by atoms with van der Waals surface area (Å²) in [5, 5.41) is 12.6. The molecule has 0 saturated carbocycles. The number of hydrogen-bond acceptors (Lipinski definition) is 3. The van der Waals surface area contributed by atoms with Crippen LogP contribution in [0.3, 0.4) is 0 Å². The van der Waals surface area contributed by atoms with E-state index in [0.29, 0.717) is 6.54 Å². The average Bonchev–Trinajstić information content (AvgIpc) is 2.76. The molecule has 0 radical (unpaired) electrons. The summed E-state index contributed by atoms with van der Waals surface area (Å²) in [7, 11) is 0. The number of hydrogen-bond donors (Lipinski definition) is 1. The van der Waals surface area contributed by atoms with Crippen LogP contribution < -0.4 is 0 Å². The number of nitrogens with zero attached hydrogens (tertiary/aromatic N) is 2. The summed E-state index contributed by atoms with van der Waals surface area (Å²) in [5.41, 5.74) is 0.179. The van der Waals surface area contributed by atoms with Crippen LogP contribution in [0.25, 0.3) is 0 Å². The summed E-state index contributed by atoms with van der Waals surface area (Å²) < 4.78 is 6.88. The van der Waals surface area contributed by atoms with Crippen LogP contribution >= 0.6 is 0 Å². The summed E-state index contributed by atoms with van der Waals surface area (Å²) in [6, 6.07) is 3.70. The molecule has 0 aliphatic rings. The van der Waals surface area contributed by atoms with E-state index in [2.05, 4.69) is 5.10 Å². The topological polar surface area (TPSA) is 68.3 Å². The van der Waals surface area contributed by atoms with Gasteiger partial charge in [0.2, 0.25) is 0 Å². The Morgan fingerprint density at radius 1 is 1.60 bits per heavy atom. The lowest BCUT2D eigenvalue weighted by Crippen LogP contribution is -1.99. The summed E-state index contributed by atoms with van der Waals surface area (Å²) >= 11 is 0. The molecule has 0 aromatic carbocycles. The maximum atomic E-state index is 10.6. The lowest BCUT2D eigenvalue weighted by atomic mass is 10.4. The first-order valence-electron chi connectivity index (χ1n) is 4.46. The molecule has 78 valence electrons. The van der Waals surface area contributed by atoms with Crippen LogP contribution in [0.2, 0.25) is 0 Å². The lowest BCUT2D eigenvalue weighted by molar-refractivity contribution is 0.0696. The maximum Gasteiger partial charge on any atom is 0.338 e. The van der Waals surface area contributed by atoms with Crippen molar-refractivity contribution in [3.8, 4) is 0 Å². The molecule has 0 aliphatic heterocycles. The maximum absolute atomic E-state index is 10.6. The minimum Gasteiger partial charge on any atom is -0.478 e. The molecule has 2 rings (SSSR count). The highest BCUT2D eigenvalue weighted by atomic mass is 16.4. The summed E-state index contributed by atoms with van der Waals surface area (Å²) in [6.07, 6.45) is 2.79. The second kappa shape index (κ2) is 3.61. The Balaban J connectivity index is 2.14. The highest BCUT2D eigenvalue weighted by Gasteiger charge is 2.07. The minimum atomic E-state index is -0.975. The van der Waals surface area contributed by atoms with Crippen LogP contribution in [-0.4, -0.2) is 20.9 Å². The van der Waals surface area contributed by atoms with Crippen LogP contribution in [0.5, 0.6) is 0 Å². The van der Waals surface area contributed by atoms with Crippen LogP contribution in [0.15, 0.2) is 28.9 Å². The molecule has 0 aliphatic carbocycles. The predicted molar refractivity (Wildman–Crippen MR) is 51.7 cm³/mol. The number of furan rings is 1. The van der Waals surface area contributed by atoms with Gasteiger partial charge in [-0.2, -0.15) is 5.10 Å². The Kier molecular flexibility index (Phi) is 2.29. The van der Waals surface area contributed by atoms with E-state index in [0.717, 1.165) is 11.5 Å². The van der Waals surface area contributed by atoms with Gasteiger partial charge < -0.3 is 9.52 Å². The van der Waals surface area contributed by atoms with Gasteiger partial charge in [-0.1, -0.05) is 0 Å². The van der Waals surface area contributed by atoms with Gasteiger partial charge in [0, 0.05) is 6.20 Å². The molecule has 0 bridgehead atoms. The fraction of sp³-hybridized carbons (Fsp3) is 0.200. The van der Waals surface area contributed by atoms with E-state index in [1.807, 2.05) is 19.1 Å². The standard InChI is InChI=1S/C10H10N2O3/c1-7-2-3-9(15-7)6-12-5-8(4-11-12)10(13)14/h2-5H,6H2,1H3,(H,13,14). The largest absolute Gasteiger partial charge is 0.478 e. The van der Waals surface area contributed by atoms with Gasteiger partial charge in [-0.15, -0.1) is 0 Å². The fourth-order valence-electron chi connectivity index (χ4n) is 1.29. The van der Waals surface area contributed by atoms with Crippen molar-refractivity contribution in [2.24, 2.45) is 0 Å². The van der Waals surface area contributed by atoms with Crippen molar-refractivity contribution in [2.45, 2.75) is 13.5 Å². The molecule has 0 unspecified atom stereocenters. The van der Waals surface area contributed by atoms with Crippen molar-refractivity contribution in [3.63, 3.8) is 0 Å². The van der Waals surface area contributed by atoms with Crippen LogP contribution in [-0.2, 0) is 6.54 Å². The van der Waals surface area contributed by atoms with Crippen molar-refractivity contribution in [1.82, 2.24) is 9.78 Å². The van der Waals surface area contributed by atoms with Crippen LogP contribution in [0, 0.1) is 6.92 Å². The van der Waals surface area contributed by atoms with Crippen LogP contribution in [0.4, 0.5) is 0 Å². The monoisotopic (exact) mass is 206 g/mol. The molecular weight excluding hydrogens is 196 g/mol. The molecule has 5 nitrogen and oxygen atoms in total. The van der Waals surface area contributed by atoms with E-state index in [-0.39, 0.29) is 5.56 Å². The van der Waals surface area contributed by atoms with E-state index in [1.54, 1.807) is 0 Å². The Morgan fingerprint density at radius 2 is 2.40 bits per heavy atom. The van der Waals surface area contributed by atoms with Gasteiger partial charge in [0.25, 0.3) is 0 Å². The quantitative estimate of drug-likeness (QED) is 0.826. The van der Waals surface area contributed by atoms with Gasteiger partial charge in [-0.3, -0.25) is 4.68 Å². The third kappa shape index (κ3) is 2.07. The number of aryl methyl sites for hydroxylation is 1. The number of aromatic nitrogens is 2. The average molecular weight is 206 g/mol. The first-order valence-corrected chi connectivity index (χ1v) is 4.46. The second-order valence-electron chi connectivity index (χ2n) is 3.24. The zero-order valence-corrected chi connectivity index (χ0v) is 8.17. The van der Waals surface area contributed by atoms with E-state index in [1.165, 1.54) is 17.1 Å². The van der Waals surface area contributed by atoms with Crippen molar-refractivity contribution in [1.29, 1.82) is 0 Å². The van der Waals surface area contributed by atoms with Gasteiger partial charge in [-0.05, 0) is 19.1 Å². The molecule has 1 N–H and O–H groups in total. The summed E-state index contributed by atoms with van der Waals surface area (Å²) in [5.74, 6) is 0.611. The molecule has 15 heavy (non-hydrogen) atoms. The molecule has 0 atom stereocenters. The molecule has 2 heterocycles. The Labute approximate surface area is 85.9 Å². The highest BCUT2D eigenvalue weighted by Crippen LogP contribution is 2.08. The zero-order chi connectivity index (χ0) is 10.8. The van der Waals surface area contributed by atoms with Crippen molar-refractivity contribution >= 4 is 5.97 Å². The Hall–Kier alpha value is -2.04. The molecule has 2 aromatic rings. The van der Waals surface area contributed by atoms with Crippen molar-refractivity contribution in [2.75, 3.05) is 0 Å². The van der Waals surface area contributed by atoms with Crippen molar-refractivity contribution < 1.29 is 14.3 Å². The second-order valence-corrected chi connectivity index (χ2v) is 3.24. The molecule has 0 fully saturated rings. The van der Waals surface area contributed by atoms with Gasteiger partial charge in [0.1, 0.15) is 11.5 Å². The third-order valence-corrected chi connectivity index (χ3v) is 1.99. The normalized spacial score (nSPS) is 10.5. The van der Waals surface area contributed by atoms with Gasteiger partial charge in [-0.25, -0.2) is 4.79 Å². The van der Waals surface area contributed by atoms with Gasteiger partial charge in [0.05, 0.1) is 18.3 Å². The van der Waals surface area contributed by atoms with E-state index < -0.39 is 5.97 Å². The third-order valence-electron chi connectivity index (χ3n) is 1.99. The zero-order valence-electron chi connectivity index (χ0n) is 8.17. The Morgan fingerprint density at radius 3 is 2.93 bits per heavy atom. The molecule has 5 heteroatoms. The number of carboxylic acid groups (broad SMARTS) is 1. The minimum absolute atomic E-state index is 0.179. The first kappa shape index (κ1) is 9.51. The first-order chi connectivity index (χ1) is 7.15. The molecule has 0 spiro atoms. The van der Waals surface area contributed by atoms with Gasteiger partial charge >= 0.3 is 5.97 Å². The van der Waals surface area contributed by atoms with E-state index in [4.69, 9.17) is 9.52 Å². The summed E-state index contributed by atoms with van der Waals surface area (Å²) in [6.45, 7) is 2.30. The highest BCUT2D eigenvalue weighted by molar-refractivity contribution is 5.86. The molecule has 2 aromatic heterocycles. The number of carbonyl (C=O) groups is 1. The summed E-state index contributed by atoms with van der Waals surface area (Å²) in [4.78, 5) is 10.6. The van der Waals surface area contributed by atoms with Crippen molar-refractivity contribution in [3.05, 3.63) is 41.6 Å². The van der Waals surface area contributed by atoms with Crippen LogP contribution in [0.1, 0.15) is 21.9 Å². The molecule has 0 amide bonds. The molecule has 0 saturated heterocycles. The van der Waals surface area contributed by atoms with E-state index in [9.17, 15) is 4.79 Å². The SMILES string of the molecule is Cc1ccc(Cn2cc(C(=O)O)cn2)o1. The smallest absolute Gasteiger partial charge is 0.338 e. The van der Waals surface area contributed by atoms with Gasteiger partial charge in [0.15, 0.2) is 0 Å². The Bertz CT molecular complexity index is 484. The number of rotatable bonds is 3. The number of aromatic carboxylic acids is 1. The molecular formula is C10H10N2O3. The van der Waals surface area contributed by atoms with E-state index >= 15 is 0 Å². The lowest BCUT2D eigenvalue weighted by Gasteiger charge is -1.96. The number of carboxylic acids is 1. The predicted octanol–water partition coefficient (Wildman–Crippen LogP) is 1.53. The fourth-order valence-corrected chi connectivity index (χ4v) is 1.29.